The third kappa shape index (κ3) is 4.82. The largest absolute Gasteiger partial charge is 0.419 e. The zero-order valence-electron chi connectivity index (χ0n) is 12.5. The summed E-state index contributed by atoms with van der Waals surface area (Å²) in [6.07, 6.45) is -4.64. The Labute approximate surface area is 141 Å². The Morgan fingerprint density at radius 1 is 1.08 bits per heavy atom. The van der Waals surface area contributed by atoms with Crippen LogP contribution >= 0.6 is 12.2 Å². The number of hydrogen-bond acceptors (Lipinski definition) is 2. The van der Waals surface area contributed by atoms with Crippen LogP contribution in [0.4, 0.5) is 28.9 Å². The maximum Gasteiger partial charge on any atom is 0.419 e. The summed E-state index contributed by atoms with van der Waals surface area (Å²) in [6, 6.07) is 10.1. The van der Waals surface area contributed by atoms with Crippen LogP contribution in [0, 0.1) is 5.82 Å². The number of benzene rings is 2. The highest BCUT2D eigenvalue weighted by molar-refractivity contribution is 7.80. The highest BCUT2D eigenvalue weighted by Crippen LogP contribution is 2.32. The topological polar surface area (TPSA) is 50.1 Å². The number of alkyl halides is 3. The van der Waals surface area contributed by atoms with Gasteiger partial charge >= 0.3 is 6.18 Å². The van der Waals surface area contributed by atoms with E-state index in [0.717, 1.165) is 6.07 Å². The second-order valence-electron chi connectivity index (χ2n) is 5.03. The SMILES string of the molecule is Nc1ccc(NC(=S)NCCc2cccc(C(F)(F)F)c2F)cc1. The summed E-state index contributed by atoms with van der Waals surface area (Å²) in [5, 5.41) is 6.00. The molecule has 3 nitrogen and oxygen atoms in total. The van der Waals surface area contributed by atoms with Gasteiger partial charge in [-0.2, -0.15) is 13.2 Å². The van der Waals surface area contributed by atoms with E-state index >= 15 is 0 Å². The lowest BCUT2D eigenvalue weighted by molar-refractivity contribution is -0.140. The lowest BCUT2D eigenvalue weighted by atomic mass is 10.1. The van der Waals surface area contributed by atoms with Crippen molar-refractivity contribution in [1.29, 1.82) is 0 Å². The van der Waals surface area contributed by atoms with Crippen molar-refractivity contribution in [3.63, 3.8) is 0 Å². The molecule has 0 aromatic heterocycles. The molecule has 0 saturated heterocycles. The minimum Gasteiger partial charge on any atom is -0.399 e. The summed E-state index contributed by atoms with van der Waals surface area (Å²) in [5.74, 6) is -1.25. The van der Waals surface area contributed by atoms with Gasteiger partial charge in [0.15, 0.2) is 5.11 Å². The Bertz CT molecular complexity index is 714. The summed E-state index contributed by atoms with van der Waals surface area (Å²) in [6.45, 7) is 0.193. The predicted octanol–water partition coefficient (Wildman–Crippen LogP) is 3.96. The number of rotatable bonds is 4. The summed E-state index contributed by atoms with van der Waals surface area (Å²) in [4.78, 5) is 0. The third-order valence-corrected chi connectivity index (χ3v) is 3.48. The summed E-state index contributed by atoms with van der Waals surface area (Å²) in [7, 11) is 0. The Kier molecular flexibility index (Phi) is 5.61. The van der Waals surface area contributed by atoms with Gasteiger partial charge < -0.3 is 16.4 Å². The fourth-order valence-electron chi connectivity index (χ4n) is 2.04. The van der Waals surface area contributed by atoms with E-state index in [1.807, 2.05) is 0 Å². The van der Waals surface area contributed by atoms with Crippen molar-refractivity contribution in [2.24, 2.45) is 0 Å². The highest BCUT2D eigenvalue weighted by Gasteiger charge is 2.34. The van der Waals surface area contributed by atoms with Gasteiger partial charge in [-0.1, -0.05) is 12.1 Å². The van der Waals surface area contributed by atoms with Crippen molar-refractivity contribution in [2.45, 2.75) is 12.6 Å². The molecule has 0 amide bonds. The normalized spacial score (nSPS) is 11.2. The van der Waals surface area contributed by atoms with Crippen LogP contribution in [0.25, 0.3) is 0 Å². The first-order valence-corrected chi connectivity index (χ1v) is 7.43. The highest BCUT2D eigenvalue weighted by atomic mass is 32.1. The van der Waals surface area contributed by atoms with Crippen molar-refractivity contribution in [1.82, 2.24) is 5.32 Å². The van der Waals surface area contributed by atoms with Gasteiger partial charge in [0.2, 0.25) is 0 Å². The Morgan fingerprint density at radius 3 is 2.38 bits per heavy atom. The molecule has 24 heavy (non-hydrogen) atoms. The molecule has 128 valence electrons. The Morgan fingerprint density at radius 2 is 1.75 bits per heavy atom. The standard InChI is InChI=1S/C16H15F4N3S/c17-14-10(2-1-3-13(14)16(18,19)20)8-9-22-15(24)23-12-6-4-11(21)5-7-12/h1-7H,8-9,21H2,(H2,22,23,24). The molecule has 0 aliphatic heterocycles. The van der Waals surface area contributed by atoms with Crippen molar-refractivity contribution in [3.05, 3.63) is 59.4 Å². The molecule has 0 spiro atoms. The van der Waals surface area contributed by atoms with Gasteiger partial charge in [-0.05, 0) is 54.5 Å². The summed E-state index contributed by atoms with van der Waals surface area (Å²) < 4.78 is 51.8. The molecule has 0 fully saturated rings. The second kappa shape index (κ2) is 7.48. The molecule has 0 bridgehead atoms. The number of anilines is 2. The maximum absolute atomic E-state index is 13.9. The Hall–Kier alpha value is -2.35. The van der Waals surface area contributed by atoms with Crippen LogP contribution in [-0.2, 0) is 12.6 Å². The number of nitrogens with one attached hydrogen (secondary N) is 2. The molecule has 0 saturated carbocycles. The van der Waals surface area contributed by atoms with Crippen LogP contribution in [0.5, 0.6) is 0 Å². The molecule has 2 aromatic carbocycles. The monoisotopic (exact) mass is 357 g/mol. The zero-order chi connectivity index (χ0) is 17.7. The maximum atomic E-state index is 13.9. The van der Waals surface area contributed by atoms with E-state index in [9.17, 15) is 17.6 Å². The van der Waals surface area contributed by atoms with E-state index in [-0.39, 0.29) is 23.6 Å². The van der Waals surface area contributed by atoms with Gasteiger partial charge in [-0.3, -0.25) is 0 Å². The van der Waals surface area contributed by atoms with Crippen LogP contribution in [0.15, 0.2) is 42.5 Å². The van der Waals surface area contributed by atoms with E-state index in [1.165, 1.54) is 12.1 Å². The lowest BCUT2D eigenvalue weighted by Crippen LogP contribution is -2.30. The number of hydrogen-bond donors (Lipinski definition) is 3. The van der Waals surface area contributed by atoms with Crippen LogP contribution in [0.2, 0.25) is 0 Å². The fourth-order valence-corrected chi connectivity index (χ4v) is 2.26. The number of nitrogen functional groups attached to an aromatic ring is 1. The third-order valence-electron chi connectivity index (χ3n) is 3.23. The minimum atomic E-state index is -4.71. The van der Waals surface area contributed by atoms with Crippen LogP contribution in [0.1, 0.15) is 11.1 Å². The van der Waals surface area contributed by atoms with Crippen molar-refractivity contribution >= 4 is 28.7 Å². The molecule has 0 heterocycles. The van der Waals surface area contributed by atoms with Crippen molar-refractivity contribution in [2.75, 3.05) is 17.6 Å². The predicted molar refractivity (Wildman–Crippen MR) is 90.2 cm³/mol. The van der Waals surface area contributed by atoms with Crippen LogP contribution in [-0.4, -0.2) is 11.7 Å². The van der Waals surface area contributed by atoms with Crippen LogP contribution < -0.4 is 16.4 Å². The Balaban J connectivity index is 1.90. The molecule has 0 radical (unpaired) electrons. The van der Waals surface area contributed by atoms with E-state index in [2.05, 4.69) is 10.6 Å². The molecule has 0 unspecified atom stereocenters. The summed E-state index contributed by atoms with van der Waals surface area (Å²) >= 11 is 5.07. The summed E-state index contributed by atoms with van der Waals surface area (Å²) in [5.41, 5.74) is 5.61. The zero-order valence-corrected chi connectivity index (χ0v) is 13.3. The average molecular weight is 357 g/mol. The molecule has 8 heteroatoms. The van der Waals surface area contributed by atoms with E-state index in [1.54, 1.807) is 24.3 Å². The van der Waals surface area contributed by atoms with E-state index in [0.29, 0.717) is 11.4 Å². The smallest absolute Gasteiger partial charge is 0.399 e. The van der Waals surface area contributed by atoms with Gasteiger partial charge in [0, 0.05) is 17.9 Å². The molecular weight excluding hydrogens is 342 g/mol. The molecule has 2 aromatic rings. The van der Waals surface area contributed by atoms with Crippen LogP contribution in [0.3, 0.4) is 0 Å². The minimum absolute atomic E-state index is 0.0207. The average Bonchev–Trinajstić information content (AvgIpc) is 2.50. The number of halogens is 4. The molecule has 2 rings (SSSR count). The van der Waals surface area contributed by atoms with Gasteiger partial charge in [-0.25, -0.2) is 4.39 Å². The molecule has 0 aliphatic carbocycles. The quantitative estimate of drug-likeness (QED) is 0.441. The van der Waals surface area contributed by atoms with Gasteiger partial charge in [-0.15, -0.1) is 0 Å². The lowest BCUT2D eigenvalue weighted by Gasteiger charge is -2.13. The molecular formula is C16H15F4N3S. The van der Waals surface area contributed by atoms with E-state index in [4.69, 9.17) is 18.0 Å². The van der Waals surface area contributed by atoms with E-state index < -0.39 is 17.6 Å². The van der Waals surface area contributed by atoms with Gasteiger partial charge in [0.05, 0.1) is 5.56 Å². The van der Waals surface area contributed by atoms with Gasteiger partial charge in [0.25, 0.3) is 0 Å². The molecule has 4 N–H and O–H groups in total. The second-order valence-corrected chi connectivity index (χ2v) is 5.44. The van der Waals surface area contributed by atoms with Crippen molar-refractivity contribution in [3.8, 4) is 0 Å². The van der Waals surface area contributed by atoms with Crippen molar-refractivity contribution < 1.29 is 17.6 Å². The van der Waals surface area contributed by atoms with Gasteiger partial charge in [0.1, 0.15) is 5.82 Å². The first-order chi connectivity index (χ1) is 11.3. The number of thiocarbonyl (C=S) groups is 1. The first kappa shape index (κ1) is 18.0. The fraction of sp³-hybridized carbons (Fsp3) is 0.188. The number of nitrogens with two attached hydrogens (primary N) is 1. The molecule has 0 atom stereocenters. The first-order valence-electron chi connectivity index (χ1n) is 7.02. The molecule has 0 aliphatic rings.